The molecule has 1 aromatic rings. The van der Waals surface area contributed by atoms with Crippen molar-refractivity contribution in [2.24, 2.45) is 0 Å². The summed E-state index contributed by atoms with van der Waals surface area (Å²) < 4.78 is 26.2. The van der Waals surface area contributed by atoms with Crippen molar-refractivity contribution in [3.63, 3.8) is 0 Å². The molecule has 0 amide bonds. The van der Waals surface area contributed by atoms with Crippen molar-refractivity contribution in [2.75, 3.05) is 12.4 Å². The van der Waals surface area contributed by atoms with Crippen molar-refractivity contribution < 1.29 is 8.42 Å². The molecule has 0 aliphatic rings. The number of hydrogen-bond donors (Lipinski definition) is 0. The molecule has 1 aromatic heterocycles. The van der Waals surface area contributed by atoms with E-state index in [-0.39, 0.29) is 6.04 Å². The Morgan fingerprint density at radius 3 is 2.56 bits per heavy atom. The lowest BCUT2D eigenvalue weighted by Crippen LogP contribution is -2.35. The second kappa shape index (κ2) is 5.62. The minimum Gasteiger partial charge on any atom is -0.206 e. The molecule has 92 valence electrons. The SMILES string of the molecule is CCc1ccc(S(=O)(=O)N(C)C(C)CBr)s1. The highest BCUT2D eigenvalue weighted by Crippen LogP contribution is 2.25. The number of thiophene rings is 1. The lowest BCUT2D eigenvalue weighted by molar-refractivity contribution is 0.417. The summed E-state index contributed by atoms with van der Waals surface area (Å²) in [5.74, 6) is 0. The molecule has 0 spiro atoms. The molecule has 1 rings (SSSR count). The van der Waals surface area contributed by atoms with Gasteiger partial charge in [-0.3, -0.25) is 0 Å². The van der Waals surface area contributed by atoms with Crippen LogP contribution in [-0.4, -0.2) is 31.1 Å². The maximum Gasteiger partial charge on any atom is 0.252 e. The fourth-order valence-electron chi connectivity index (χ4n) is 1.16. The molecule has 0 radical (unpaired) electrons. The van der Waals surface area contributed by atoms with Crippen LogP contribution in [0.3, 0.4) is 0 Å². The topological polar surface area (TPSA) is 37.4 Å². The van der Waals surface area contributed by atoms with Crippen molar-refractivity contribution >= 4 is 37.3 Å². The summed E-state index contributed by atoms with van der Waals surface area (Å²) in [6, 6.07) is 3.53. The molecular weight excluding hydrogens is 310 g/mol. The second-order valence-corrected chi connectivity index (χ2v) is 7.64. The third-order valence-electron chi connectivity index (χ3n) is 2.46. The first-order valence-electron chi connectivity index (χ1n) is 5.06. The predicted molar refractivity (Wildman–Crippen MR) is 71.9 cm³/mol. The first-order valence-corrected chi connectivity index (χ1v) is 8.44. The van der Waals surface area contributed by atoms with Gasteiger partial charge in [0, 0.05) is 23.3 Å². The van der Waals surface area contributed by atoms with E-state index < -0.39 is 10.0 Å². The van der Waals surface area contributed by atoms with Gasteiger partial charge in [0.15, 0.2) is 0 Å². The van der Waals surface area contributed by atoms with Gasteiger partial charge in [-0.2, -0.15) is 4.31 Å². The van der Waals surface area contributed by atoms with Gasteiger partial charge < -0.3 is 0 Å². The van der Waals surface area contributed by atoms with E-state index in [1.165, 1.54) is 15.6 Å². The fraction of sp³-hybridized carbons (Fsp3) is 0.600. The van der Waals surface area contributed by atoms with Crippen LogP contribution in [0.5, 0.6) is 0 Å². The van der Waals surface area contributed by atoms with E-state index >= 15 is 0 Å². The van der Waals surface area contributed by atoms with Crippen LogP contribution in [0.1, 0.15) is 18.7 Å². The van der Waals surface area contributed by atoms with Crippen LogP contribution in [0.25, 0.3) is 0 Å². The van der Waals surface area contributed by atoms with Crippen LogP contribution >= 0.6 is 27.3 Å². The largest absolute Gasteiger partial charge is 0.252 e. The molecule has 3 nitrogen and oxygen atoms in total. The molecule has 0 bridgehead atoms. The Balaban J connectivity index is 3.01. The van der Waals surface area contributed by atoms with E-state index in [9.17, 15) is 8.42 Å². The molecule has 6 heteroatoms. The monoisotopic (exact) mass is 325 g/mol. The van der Waals surface area contributed by atoms with Crippen LogP contribution in [0.15, 0.2) is 16.3 Å². The minimum atomic E-state index is -3.32. The highest BCUT2D eigenvalue weighted by atomic mass is 79.9. The van der Waals surface area contributed by atoms with Crippen molar-refractivity contribution in [3.05, 3.63) is 17.0 Å². The molecular formula is C10H16BrNO2S2. The van der Waals surface area contributed by atoms with Crippen molar-refractivity contribution in [3.8, 4) is 0 Å². The minimum absolute atomic E-state index is 0.0443. The van der Waals surface area contributed by atoms with E-state index in [0.29, 0.717) is 9.54 Å². The first kappa shape index (κ1) is 14.2. The van der Waals surface area contributed by atoms with Crippen molar-refractivity contribution in [2.45, 2.75) is 30.5 Å². The van der Waals surface area contributed by atoms with Crippen LogP contribution in [0.4, 0.5) is 0 Å². The maximum absolute atomic E-state index is 12.2. The average molecular weight is 326 g/mol. The molecule has 0 aliphatic heterocycles. The Morgan fingerprint density at radius 1 is 1.50 bits per heavy atom. The Bertz CT molecular complexity index is 441. The summed E-state index contributed by atoms with van der Waals surface area (Å²) in [6.07, 6.45) is 0.873. The summed E-state index contributed by atoms with van der Waals surface area (Å²) >= 11 is 4.65. The van der Waals surface area contributed by atoms with E-state index in [1.54, 1.807) is 13.1 Å². The highest BCUT2D eigenvalue weighted by molar-refractivity contribution is 9.09. The molecule has 1 atom stereocenters. The molecule has 16 heavy (non-hydrogen) atoms. The van der Waals surface area contributed by atoms with E-state index in [1.807, 2.05) is 19.9 Å². The summed E-state index contributed by atoms with van der Waals surface area (Å²) in [5, 5.41) is 0.634. The molecule has 0 saturated carbocycles. The lowest BCUT2D eigenvalue weighted by Gasteiger charge is -2.21. The second-order valence-electron chi connectivity index (χ2n) is 3.60. The lowest BCUT2D eigenvalue weighted by atomic mass is 10.4. The third kappa shape index (κ3) is 2.85. The van der Waals surface area contributed by atoms with E-state index in [0.717, 1.165) is 11.3 Å². The van der Waals surface area contributed by atoms with Gasteiger partial charge in [0.1, 0.15) is 4.21 Å². The first-order chi connectivity index (χ1) is 7.43. The van der Waals surface area contributed by atoms with Crippen molar-refractivity contribution in [1.29, 1.82) is 0 Å². The maximum atomic E-state index is 12.2. The molecule has 1 heterocycles. The van der Waals surface area contributed by atoms with Crippen LogP contribution < -0.4 is 0 Å². The average Bonchev–Trinajstić information content (AvgIpc) is 2.75. The molecule has 0 aliphatic carbocycles. The molecule has 0 saturated heterocycles. The number of alkyl halides is 1. The third-order valence-corrected chi connectivity index (χ3v) is 7.07. The zero-order valence-corrected chi connectivity index (χ0v) is 12.8. The highest BCUT2D eigenvalue weighted by Gasteiger charge is 2.26. The smallest absolute Gasteiger partial charge is 0.206 e. The number of aryl methyl sites for hydroxylation is 1. The van der Waals surface area contributed by atoms with Gasteiger partial charge in [-0.05, 0) is 25.5 Å². The number of rotatable bonds is 5. The Kier molecular flexibility index (Phi) is 4.97. The van der Waals surface area contributed by atoms with Gasteiger partial charge in [0.2, 0.25) is 0 Å². The number of nitrogens with zero attached hydrogens (tertiary/aromatic N) is 1. The van der Waals surface area contributed by atoms with Crippen LogP contribution in [-0.2, 0) is 16.4 Å². The summed E-state index contributed by atoms with van der Waals surface area (Å²) in [4.78, 5) is 1.10. The fourth-order valence-corrected chi connectivity index (χ4v) is 4.63. The van der Waals surface area contributed by atoms with Gasteiger partial charge >= 0.3 is 0 Å². The van der Waals surface area contributed by atoms with Gasteiger partial charge in [-0.25, -0.2) is 8.42 Å². The summed E-state index contributed by atoms with van der Waals surface area (Å²) in [7, 11) is -1.70. The van der Waals surface area contributed by atoms with E-state index in [4.69, 9.17) is 0 Å². The Labute approximate surface area is 110 Å². The molecule has 0 fully saturated rings. The van der Waals surface area contributed by atoms with Crippen LogP contribution in [0.2, 0.25) is 0 Å². The number of hydrogen-bond acceptors (Lipinski definition) is 3. The normalized spacial score (nSPS) is 14.3. The van der Waals surface area contributed by atoms with E-state index in [2.05, 4.69) is 15.9 Å². The number of halogens is 1. The summed E-state index contributed by atoms with van der Waals surface area (Å²) in [6.45, 7) is 3.90. The van der Waals surface area contributed by atoms with Crippen molar-refractivity contribution in [1.82, 2.24) is 4.31 Å². The standard InChI is InChI=1S/C10H16BrNO2S2/c1-4-9-5-6-10(15-9)16(13,14)12(3)8(2)7-11/h5-6,8H,4,7H2,1-3H3. The molecule has 0 N–H and O–H groups in total. The quantitative estimate of drug-likeness (QED) is 0.780. The molecule has 1 unspecified atom stereocenters. The van der Waals surface area contributed by atoms with Gasteiger partial charge in [-0.15, -0.1) is 11.3 Å². The molecule has 0 aromatic carbocycles. The zero-order valence-electron chi connectivity index (χ0n) is 9.60. The zero-order chi connectivity index (χ0) is 12.3. The van der Waals surface area contributed by atoms with Gasteiger partial charge in [0.05, 0.1) is 0 Å². The summed E-state index contributed by atoms with van der Waals surface area (Å²) in [5.41, 5.74) is 0. The Hall–Kier alpha value is 0.0900. The number of sulfonamides is 1. The predicted octanol–water partition coefficient (Wildman–Crippen LogP) is 2.71. The Morgan fingerprint density at radius 2 is 2.12 bits per heavy atom. The van der Waals surface area contributed by atoms with Crippen LogP contribution in [0, 0.1) is 0 Å². The van der Waals surface area contributed by atoms with Gasteiger partial charge in [-0.1, -0.05) is 22.9 Å². The van der Waals surface area contributed by atoms with Gasteiger partial charge in [0.25, 0.3) is 10.0 Å².